The molecule has 1 heterocycles. The summed E-state index contributed by atoms with van der Waals surface area (Å²) < 4.78 is 81.8. The highest BCUT2D eigenvalue weighted by Crippen LogP contribution is 2.36. The van der Waals surface area contributed by atoms with Crippen molar-refractivity contribution in [1.29, 1.82) is 0 Å². The summed E-state index contributed by atoms with van der Waals surface area (Å²) in [5.74, 6) is -1.50. The van der Waals surface area contributed by atoms with E-state index in [-0.39, 0.29) is 18.0 Å². The molecule has 41 heavy (non-hydrogen) atoms. The van der Waals surface area contributed by atoms with Crippen molar-refractivity contribution in [2.24, 2.45) is 0 Å². The lowest BCUT2D eigenvalue weighted by Gasteiger charge is -2.23. The third-order valence-corrected chi connectivity index (χ3v) is 6.33. The molecule has 0 spiro atoms. The summed E-state index contributed by atoms with van der Waals surface area (Å²) in [4.78, 5) is 27.4. The van der Waals surface area contributed by atoms with Gasteiger partial charge in [-0.3, -0.25) is 9.59 Å². The zero-order valence-corrected chi connectivity index (χ0v) is 23.4. The van der Waals surface area contributed by atoms with E-state index >= 15 is 0 Å². The largest absolute Gasteiger partial charge is 0.416 e. The number of benzene rings is 2. The van der Waals surface area contributed by atoms with Crippen molar-refractivity contribution < 1.29 is 35.9 Å². The minimum Gasteiger partial charge on any atom is -0.329 e. The van der Waals surface area contributed by atoms with Crippen molar-refractivity contribution in [3.63, 3.8) is 0 Å². The molecule has 0 aliphatic carbocycles. The van der Waals surface area contributed by atoms with Gasteiger partial charge < -0.3 is 10.2 Å². The lowest BCUT2D eigenvalue weighted by Crippen LogP contribution is -2.39. The number of aromatic nitrogens is 2. The normalized spacial score (nSPS) is 12.4. The highest BCUT2D eigenvalue weighted by molar-refractivity contribution is 5.99. The van der Waals surface area contributed by atoms with E-state index in [4.69, 9.17) is 0 Å². The molecule has 0 unspecified atom stereocenters. The molecule has 3 rings (SSSR count). The number of hydrogen-bond acceptors (Lipinski definition) is 3. The smallest absolute Gasteiger partial charge is 0.329 e. The highest BCUT2D eigenvalue weighted by atomic mass is 19.4. The summed E-state index contributed by atoms with van der Waals surface area (Å²) in [5.41, 5.74) is -2.16. The van der Waals surface area contributed by atoms with E-state index in [9.17, 15) is 35.9 Å². The first-order valence-electron chi connectivity index (χ1n) is 13.0. The lowest BCUT2D eigenvalue weighted by atomic mass is 9.92. The minimum absolute atomic E-state index is 0.0423. The fraction of sp³-hybridized carbons (Fsp3) is 0.414. The molecule has 2 amide bonds. The third-order valence-electron chi connectivity index (χ3n) is 6.33. The zero-order chi connectivity index (χ0) is 30.8. The van der Waals surface area contributed by atoms with E-state index in [0.717, 1.165) is 10.5 Å². The predicted octanol–water partition coefficient (Wildman–Crippen LogP) is 7.40. The van der Waals surface area contributed by atoms with Gasteiger partial charge in [-0.1, -0.05) is 52.3 Å². The Morgan fingerprint density at radius 3 is 2.02 bits per heavy atom. The standard InChI is InChI=1S/C29H32F6N4O2/c1-6-7-12-38(26(41)19-13-20(28(30,31)32)15-21(14-19)29(33,34)35)17-25(40)36-24-16-23(27(3,4)5)37-39(24)22-11-9-8-10-18(22)2/h8-11,13-16H,6-7,12,17H2,1-5H3,(H,36,40). The van der Waals surface area contributed by atoms with Crippen molar-refractivity contribution in [2.75, 3.05) is 18.4 Å². The number of nitrogens with one attached hydrogen (secondary N) is 1. The summed E-state index contributed by atoms with van der Waals surface area (Å²) >= 11 is 0. The van der Waals surface area contributed by atoms with Gasteiger partial charge in [-0.15, -0.1) is 0 Å². The molecule has 0 aliphatic heterocycles. The average Bonchev–Trinajstić information content (AvgIpc) is 3.29. The van der Waals surface area contributed by atoms with Gasteiger partial charge >= 0.3 is 12.4 Å². The summed E-state index contributed by atoms with van der Waals surface area (Å²) in [5, 5.41) is 7.37. The first kappa shape index (κ1) is 31.7. The molecule has 0 saturated carbocycles. The molecule has 1 aromatic heterocycles. The quantitative estimate of drug-likeness (QED) is 0.282. The van der Waals surface area contributed by atoms with Gasteiger partial charge in [0.1, 0.15) is 12.4 Å². The number of rotatable bonds is 8. The Kier molecular flexibility index (Phi) is 9.24. The Hall–Kier alpha value is -3.83. The van der Waals surface area contributed by atoms with E-state index in [1.165, 1.54) is 0 Å². The second kappa shape index (κ2) is 12.0. The van der Waals surface area contributed by atoms with Crippen LogP contribution in [-0.4, -0.2) is 39.6 Å². The Morgan fingerprint density at radius 1 is 0.927 bits per heavy atom. The Morgan fingerprint density at radius 2 is 1.51 bits per heavy atom. The molecule has 1 N–H and O–H groups in total. The Bertz CT molecular complexity index is 1370. The third kappa shape index (κ3) is 7.89. The van der Waals surface area contributed by atoms with Crippen LogP contribution in [0.2, 0.25) is 0 Å². The molecule has 12 heteroatoms. The van der Waals surface area contributed by atoms with Crippen LogP contribution in [0.25, 0.3) is 5.69 Å². The van der Waals surface area contributed by atoms with Crippen LogP contribution in [0.5, 0.6) is 0 Å². The number of anilines is 1. The van der Waals surface area contributed by atoms with Gasteiger partial charge in [0, 0.05) is 23.6 Å². The Labute approximate surface area is 234 Å². The van der Waals surface area contributed by atoms with Crippen molar-refractivity contribution in [2.45, 2.75) is 65.2 Å². The number of aryl methyl sites for hydroxylation is 1. The Balaban J connectivity index is 1.96. The number of halogens is 6. The summed E-state index contributed by atoms with van der Waals surface area (Å²) in [6.07, 6.45) is -9.28. The summed E-state index contributed by atoms with van der Waals surface area (Å²) in [6, 6.07) is 9.73. The van der Waals surface area contributed by atoms with Gasteiger partial charge in [0.05, 0.1) is 22.5 Å². The lowest BCUT2D eigenvalue weighted by molar-refractivity contribution is -0.143. The molecule has 6 nitrogen and oxygen atoms in total. The van der Waals surface area contributed by atoms with Gasteiger partial charge in [0.2, 0.25) is 5.91 Å². The van der Waals surface area contributed by atoms with Crippen molar-refractivity contribution in [3.8, 4) is 5.69 Å². The van der Waals surface area contributed by atoms with Crippen LogP contribution in [0.3, 0.4) is 0 Å². The van der Waals surface area contributed by atoms with Crippen LogP contribution in [0, 0.1) is 6.92 Å². The fourth-order valence-corrected chi connectivity index (χ4v) is 4.04. The van der Waals surface area contributed by atoms with Crippen molar-refractivity contribution in [3.05, 3.63) is 76.5 Å². The number of hydrogen-bond donors (Lipinski definition) is 1. The molecular formula is C29H32F6N4O2. The van der Waals surface area contributed by atoms with Gasteiger partial charge in [0.15, 0.2) is 0 Å². The number of para-hydroxylation sites is 1. The van der Waals surface area contributed by atoms with E-state index in [2.05, 4.69) is 10.4 Å². The predicted molar refractivity (Wildman–Crippen MR) is 143 cm³/mol. The molecule has 0 radical (unpaired) electrons. The molecule has 2 aromatic carbocycles. The van der Waals surface area contributed by atoms with E-state index in [1.54, 1.807) is 17.7 Å². The van der Waals surface area contributed by atoms with Crippen molar-refractivity contribution in [1.82, 2.24) is 14.7 Å². The van der Waals surface area contributed by atoms with Crippen LogP contribution < -0.4 is 5.32 Å². The fourth-order valence-electron chi connectivity index (χ4n) is 4.04. The van der Waals surface area contributed by atoms with Crippen molar-refractivity contribution >= 4 is 17.6 Å². The second-order valence-corrected chi connectivity index (χ2v) is 10.8. The van der Waals surface area contributed by atoms with E-state index in [1.807, 2.05) is 52.0 Å². The maximum Gasteiger partial charge on any atom is 0.416 e. The molecule has 3 aromatic rings. The van der Waals surface area contributed by atoms with E-state index in [0.29, 0.717) is 42.2 Å². The van der Waals surface area contributed by atoms with Crippen LogP contribution in [-0.2, 0) is 22.6 Å². The number of carbonyl (C=O) groups is 2. The number of carbonyl (C=O) groups excluding carboxylic acids is 2. The first-order valence-corrected chi connectivity index (χ1v) is 13.0. The minimum atomic E-state index is -5.11. The van der Waals surface area contributed by atoms with Crippen LogP contribution >= 0.6 is 0 Å². The number of nitrogens with zero attached hydrogens (tertiary/aromatic N) is 3. The average molecular weight is 583 g/mol. The molecule has 0 saturated heterocycles. The van der Waals surface area contributed by atoms with Gasteiger partial charge in [-0.25, -0.2) is 4.68 Å². The summed E-state index contributed by atoms with van der Waals surface area (Å²) in [7, 11) is 0. The molecule has 222 valence electrons. The van der Waals surface area contributed by atoms with Crippen LogP contribution in [0.15, 0.2) is 48.5 Å². The maximum absolute atomic E-state index is 13.4. The number of amides is 2. The second-order valence-electron chi connectivity index (χ2n) is 10.8. The molecular weight excluding hydrogens is 550 g/mol. The van der Waals surface area contributed by atoms with Gasteiger partial charge in [0.25, 0.3) is 5.91 Å². The first-order chi connectivity index (χ1) is 18.9. The van der Waals surface area contributed by atoms with E-state index < -0.39 is 47.4 Å². The molecule has 0 bridgehead atoms. The zero-order valence-electron chi connectivity index (χ0n) is 23.4. The van der Waals surface area contributed by atoms with Gasteiger partial charge in [-0.05, 0) is 43.2 Å². The van der Waals surface area contributed by atoms with Crippen LogP contribution in [0.1, 0.15) is 73.3 Å². The number of alkyl halides is 6. The summed E-state index contributed by atoms with van der Waals surface area (Å²) in [6.45, 7) is 8.85. The number of unbranched alkanes of at least 4 members (excludes halogenated alkanes) is 1. The molecule has 0 aliphatic rings. The topological polar surface area (TPSA) is 67.2 Å². The van der Waals surface area contributed by atoms with Gasteiger partial charge in [-0.2, -0.15) is 31.4 Å². The molecule has 0 fully saturated rings. The highest BCUT2D eigenvalue weighted by Gasteiger charge is 2.38. The maximum atomic E-state index is 13.4. The van der Waals surface area contributed by atoms with Crippen LogP contribution in [0.4, 0.5) is 32.2 Å². The molecule has 0 atom stereocenters. The SMILES string of the molecule is CCCCN(CC(=O)Nc1cc(C(C)(C)C)nn1-c1ccccc1C)C(=O)c1cc(C(F)(F)F)cc(C(F)(F)F)c1. The monoisotopic (exact) mass is 582 g/mol.